The van der Waals surface area contributed by atoms with Gasteiger partial charge in [-0.3, -0.25) is 0 Å². The highest BCUT2D eigenvalue weighted by molar-refractivity contribution is 6.07. The van der Waals surface area contributed by atoms with Crippen LogP contribution < -0.4 is 4.90 Å². The molecule has 1 heterocycles. The van der Waals surface area contributed by atoms with Crippen molar-refractivity contribution in [3.05, 3.63) is 242 Å². The molecule has 61 heavy (non-hydrogen) atoms. The number of hydrogen-bond donors (Lipinski definition) is 0. The number of hydrogen-bond acceptors (Lipinski definition) is 1. The van der Waals surface area contributed by atoms with Crippen LogP contribution in [0.3, 0.4) is 0 Å². The molecular formula is C59H44N2. The summed E-state index contributed by atoms with van der Waals surface area (Å²) in [4.78, 5) is 2.40. The fourth-order valence-corrected chi connectivity index (χ4v) is 9.60. The van der Waals surface area contributed by atoms with E-state index in [1.54, 1.807) is 0 Å². The standard InChI is InChI=1S/C59H44N2/c1-59(2)54-26-16-15-25-51(54)52-37-36-50(40-55(52)59)60(48-32-27-42(28-33-48)41-17-7-3-8-18-41)49-34-29-43(30-35-49)46-31-38-56-53(39-46)57(44-19-9-4-10-20-44)58(45-21-11-5-12-22-45)61(56)47-23-13-6-14-24-47/h3-40H,1-2H3. The Balaban J connectivity index is 1.04. The number of anilines is 3. The first kappa shape index (κ1) is 36.4. The van der Waals surface area contributed by atoms with Crippen molar-refractivity contribution in [2.45, 2.75) is 19.3 Å². The molecule has 2 heteroatoms. The van der Waals surface area contributed by atoms with Gasteiger partial charge in [0.15, 0.2) is 0 Å². The van der Waals surface area contributed by atoms with E-state index in [0.29, 0.717) is 0 Å². The smallest absolute Gasteiger partial charge is 0.0619 e. The molecule has 0 amide bonds. The largest absolute Gasteiger partial charge is 0.310 e. The van der Waals surface area contributed by atoms with Crippen molar-refractivity contribution in [2.75, 3.05) is 4.90 Å². The van der Waals surface area contributed by atoms with Crippen LogP contribution >= 0.6 is 0 Å². The Kier molecular flexibility index (Phi) is 8.86. The lowest BCUT2D eigenvalue weighted by molar-refractivity contribution is 0.660. The SMILES string of the molecule is CC1(C)c2ccccc2-c2ccc(N(c3ccc(-c4ccccc4)cc3)c3ccc(-c4ccc5c(c4)c(-c4ccccc4)c(-c4ccccc4)n5-c4ccccc4)cc3)cc21. The summed E-state index contributed by atoms with van der Waals surface area (Å²) in [5.74, 6) is 0. The molecule has 0 saturated heterocycles. The maximum atomic E-state index is 2.43. The van der Waals surface area contributed by atoms with E-state index in [0.717, 1.165) is 22.7 Å². The average Bonchev–Trinajstić information content (AvgIpc) is 3.79. The third kappa shape index (κ3) is 6.27. The highest BCUT2D eigenvalue weighted by Gasteiger charge is 2.35. The van der Waals surface area contributed by atoms with Crippen LogP contribution in [0.1, 0.15) is 25.0 Å². The molecule has 0 fully saturated rings. The second kappa shape index (κ2) is 14.9. The van der Waals surface area contributed by atoms with E-state index in [9.17, 15) is 0 Å². The van der Waals surface area contributed by atoms with Crippen molar-refractivity contribution in [1.29, 1.82) is 0 Å². The zero-order chi connectivity index (χ0) is 40.9. The molecule has 10 aromatic rings. The molecule has 0 radical (unpaired) electrons. The van der Waals surface area contributed by atoms with E-state index in [1.807, 2.05) is 0 Å². The molecule has 0 bridgehead atoms. The van der Waals surface area contributed by atoms with Gasteiger partial charge in [-0.05, 0) is 116 Å². The lowest BCUT2D eigenvalue weighted by Gasteiger charge is -2.28. The minimum Gasteiger partial charge on any atom is -0.310 e. The molecule has 2 nitrogen and oxygen atoms in total. The van der Waals surface area contributed by atoms with Crippen molar-refractivity contribution in [3.8, 4) is 61.5 Å². The van der Waals surface area contributed by atoms with E-state index in [4.69, 9.17) is 0 Å². The second-order valence-corrected chi connectivity index (χ2v) is 16.6. The van der Waals surface area contributed by atoms with Gasteiger partial charge in [-0.15, -0.1) is 0 Å². The first-order chi connectivity index (χ1) is 30.0. The van der Waals surface area contributed by atoms with Gasteiger partial charge in [0.05, 0.1) is 11.2 Å². The normalized spacial score (nSPS) is 12.6. The van der Waals surface area contributed by atoms with Gasteiger partial charge in [0.1, 0.15) is 0 Å². The molecule has 0 N–H and O–H groups in total. The summed E-state index contributed by atoms with van der Waals surface area (Å²) in [6.07, 6.45) is 0. The summed E-state index contributed by atoms with van der Waals surface area (Å²) < 4.78 is 2.43. The summed E-state index contributed by atoms with van der Waals surface area (Å²) in [5, 5.41) is 1.22. The molecule has 1 aromatic heterocycles. The van der Waals surface area contributed by atoms with Crippen LogP contribution in [-0.2, 0) is 5.41 Å². The molecule has 0 unspecified atom stereocenters. The van der Waals surface area contributed by atoms with Crippen LogP contribution in [0.25, 0.3) is 72.4 Å². The predicted molar refractivity (Wildman–Crippen MR) is 257 cm³/mol. The van der Waals surface area contributed by atoms with Gasteiger partial charge >= 0.3 is 0 Å². The molecule has 0 aliphatic heterocycles. The Hall–Kier alpha value is -7.68. The minimum atomic E-state index is -0.105. The number of para-hydroxylation sites is 1. The zero-order valence-electron chi connectivity index (χ0n) is 34.3. The van der Waals surface area contributed by atoms with E-state index in [-0.39, 0.29) is 5.41 Å². The predicted octanol–water partition coefficient (Wildman–Crippen LogP) is 16.1. The van der Waals surface area contributed by atoms with Gasteiger partial charge in [-0.2, -0.15) is 0 Å². The molecule has 1 aliphatic carbocycles. The second-order valence-electron chi connectivity index (χ2n) is 16.6. The number of benzene rings is 9. The summed E-state index contributed by atoms with van der Waals surface area (Å²) >= 11 is 0. The molecule has 290 valence electrons. The van der Waals surface area contributed by atoms with Crippen LogP contribution in [0.5, 0.6) is 0 Å². The molecule has 9 aromatic carbocycles. The van der Waals surface area contributed by atoms with Crippen LogP contribution in [0.4, 0.5) is 17.1 Å². The number of rotatable bonds is 8. The van der Waals surface area contributed by atoms with Crippen LogP contribution in [0, 0.1) is 0 Å². The van der Waals surface area contributed by atoms with Crippen LogP contribution in [0.2, 0.25) is 0 Å². The Labute approximate surface area is 358 Å². The van der Waals surface area contributed by atoms with Crippen molar-refractivity contribution in [2.24, 2.45) is 0 Å². The van der Waals surface area contributed by atoms with Gasteiger partial charge < -0.3 is 9.47 Å². The molecule has 0 spiro atoms. The molecule has 0 saturated carbocycles. The number of fused-ring (bicyclic) bond motifs is 4. The molecule has 11 rings (SSSR count). The molecular weight excluding hydrogens is 737 g/mol. The van der Waals surface area contributed by atoms with E-state index < -0.39 is 0 Å². The van der Waals surface area contributed by atoms with Crippen LogP contribution in [0.15, 0.2) is 231 Å². The van der Waals surface area contributed by atoms with E-state index in [2.05, 4.69) is 254 Å². The third-order valence-electron chi connectivity index (χ3n) is 12.6. The maximum absolute atomic E-state index is 2.43. The van der Waals surface area contributed by atoms with Crippen molar-refractivity contribution in [1.82, 2.24) is 4.57 Å². The van der Waals surface area contributed by atoms with Crippen molar-refractivity contribution in [3.63, 3.8) is 0 Å². The highest BCUT2D eigenvalue weighted by atomic mass is 15.1. The molecule has 0 atom stereocenters. The summed E-state index contributed by atoms with van der Waals surface area (Å²) in [5.41, 5.74) is 20.5. The van der Waals surface area contributed by atoms with Gasteiger partial charge in [-0.25, -0.2) is 0 Å². The van der Waals surface area contributed by atoms with Crippen LogP contribution in [-0.4, -0.2) is 4.57 Å². The highest BCUT2D eigenvalue weighted by Crippen LogP contribution is 2.51. The monoisotopic (exact) mass is 780 g/mol. The Morgan fingerprint density at radius 3 is 1.48 bits per heavy atom. The Morgan fingerprint density at radius 1 is 0.361 bits per heavy atom. The van der Waals surface area contributed by atoms with Gasteiger partial charge in [0.2, 0.25) is 0 Å². The quantitative estimate of drug-likeness (QED) is 0.149. The first-order valence-corrected chi connectivity index (χ1v) is 21.2. The van der Waals surface area contributed by atoms with Gasteiger partial charge in [-0.1, -0.05) is 184 Å². The Bertz CT molecular complexity index is 3160. The summed E-state index contributed by atoms with van der Waals surface area (Å²) in [7, 11) is 0. The fourth-order valence-electron chi connectivity index (χ4n) is 9.60. The zero-order valence-corrected chi connectivity index (χ0v) is 34.3. The molecule has 1 aliphatic rings. The van der Waals surface area contributed by atoms with E-state index >= 15 is 0 Å². The lowest BCUT2D eigenvalue weighted by Crippen LogP contribution is -2.16. The third-order valence-corrected chi connectivity index (χ3v) is 12.6. The lowest BCUT2D eigenvalue weighted by atomic mass is 9.82. The first-order valence-electron chi connectivity index (χ1n) is 21.2. The maximum Gasteiger partial charge on any atom is 0.0619 e. The van der Waals surface area contributed by atoms with Crippen molar-refractivity contribution < 1.29 is 0 Å². The van der Waals surface area contributed by atoms with Crippen molar-refractivity contribution >= 4 is 28.0 Å². The van der Waals surface area contributed by atoms with Gasteiger partial charge in [0.25, 0.3) is 0 Å². The van der Waals surface area contributed by atoms with Gasteiger partial charge in [0, 0.05) is 39.1 Å². The minimum absolute atomic E-state index is 0.105. The topological polar surface area (TPSA) is 8.17 Å². The number of aromatic nitrogens is 1. The average molecular weight is 781 g/mol. The number of nitrogens with zero attached hydrogens (tertiary/aromatic N) is 2. The summed E-state index contributed by atoms with van der Waals surface area (Å²) in [6, 6.07) is 84.0. The Morgan fingerprint density at radius 2 is 0.836 bits per heavy atom. The fraction of sp³-hybridized carbons (Fsp3) is 0.0508. The van der Waals surface area contributed by atoms with E-state index in [1.165, 1.54) is 77.8 Å². The summed E-state index contributed by atoms with van der Waals surface area (Å²) in [6.45, 7) is 4.71.